The fourth-order valence-corrected chi connectivity index (χ4v) is 2.06. The summed E-state index contributed by atoms with van der Waals surface area (Å²) in [7, 11) is 0. The zero-order chi connectivity index (χ0) is 22.5. The summed E-state index contributed by atoms with van der Waals surface area (Å²) in [6.45, 7) is 5.24. The second-order valence-corrected chi connectivity index (χ2v) is 5.51. The lowest BCUT2D eigenvalue weighted by Gasteiger charge is -2.10. The monoisotopic (exact) mass is 412 g/mol. The third kappa shape index (κ3) is 7.06. The molecule has 3 rings (SSSR count). The Morgan fingerprint density at radius 2 is 1.57 bits per heavy atom. The summed E-state index contributed by atoms with van der Waals surface area (Å²) in [6.07, 6.45) is 11.6. The molecular weight excluding hydrogens is 392 g/mol. The van der Waals surface area contributed by atoms with E-state index in [1.54, 1.807) is 17.8 Å². The van der Waals surface area contributed by atoms with Crippen LogP contribution in [-0.2, 0) is 32.3 Å². The summed E-state index contributed by atoms with van der Waals surface area (Å²) >= 11 is 0. The molecule has 3 heterocycles. The molecule has 2 aliphatic heterocycles. The Labute approximate surface area is 172 Å². The molecule has 1 aromatic rings. The molecule has 0 atom stereocenters. The Bertz CT molecular complexity index is 914. The zero-order valence-corrected chi connectivity index (χ0v) is 16.5. The van der Waals surface area contributed by atoms with Crippen LogP contribution in [-0.4, -0.2) is 61.5 Å². The highest BCUT2D eigenvalue weighted by atomic mass is 16.2. The van der Waals surface area contributed by atoms with Gasteiger partial charge in [-0.2, -0.15) is 0 Å². The van der Waals surface area contributed by atoms with E-state index in [0.717, 1.165) is 9.80 Å². The number of imide groups is 2. The van der Waals surface area contributed by atoms with Gasteiger partial charge in [-0.1, -0.05) is 23.2 Å². The molecule has 1 aromatic heterocycles. The highest BCUT2D eigenvalue weighted by Crippen LogP contribution is 2.08. The van der Waals surface area contributed by atoms with E-state index >= 15 is 0 Å². The van der Waals surface area contributed by atoms with Gasteiger partial charge in [0.1, 0.15) is 5.69 Å². The molecule has 0 radical (unpaired) electrons. The topological polar surface area (TPSA) is 154 Å². The zero-order valence-electron chi connectivity index (χ0n) is 16.5. The Kier molecular flexibility index (Phi) is 9.74. The van der Waals surface area contributed by atoms with Gasteiger partial charge < -0.3 is 0 Å². The van der Waals surface area contributed by atoms with E-state index < -0.39 is 0 Å². The minimum absolute atomic E-state index is 0.0602. The first-order chi connectivity index (χ1) is 14.4. The predicted molar refractivity (Wildman–Crippen MR) is 105 cm³/mol. The van der Waals surface area contributed by atoms with Gasteiger partial charge in [0.2, 0.25) is 0 Å². The molecule has 156 valence electrons. The number of hydrogen-bond acceptors (Lipinski definition) is 7. The second-order valence-electron chi connectivity index (χ2n) is 5.51. The van der Waals surface area contributed by atoms with Gasteiger partial charge in [0, 0.05) is 42.3 Å². The van der Waals surface area contributed by atoms with Crippen LogP contribution in [0, 0.1) is 12.3 Å². The summed E-state index contributed by atoms with van der Waals surface area (Å²) in [5, 5.41) is 10.8. The Morgan fingerprint density at radius 3 is 1.93 bits per heavy atom. The molecule has 0 aromatic carbocycles. The maximum absolute atomic E-state index is 11.2. The number of rotatable bonds is 5. The van der Waals surface area contributed by atoms with Gasteiger partial charge >= 0.3 is 0 Å². The average Bonchev–Trinajstić information content (AvgIpc) is 3.41. The van der Waals surface area contributed by atoms with Gasteiger partial charge in [-0.15, -0.1) is 11.5 Å². The first-order valence-electron chi connectivity index (χ1n) is 8.78. The molecule has 0 aliphatic carbocycles. The van der Waals surface area contributed by atoms with Crippen molar-refractivity contribution in [1.29, 1.82) is 0 Å². The van der Waals surface area contributed by atoms with Crippen LogP contribution in [0.15, 0.2) is 35.6 Å². The molecule has 30 heavy (non-hydrogen) atoms. The molecule has 0 unspecified atom stereocenters. The quantitative estimate of drug-likeness (QED) is 0.227. The van der Waals surface area contributed by atoms with Crippen LogP contribution in [0.5, 0.6) is 0 Å². The third-order valence-electron chi connectivity index (χ3n) is 3.49. The lowest BCUT2D eigenvalue weighted by molar-refractivity contribution is -0.138. The van der Waals surface area contributed by atoms with Crippen LogP contribution in [0.4, 0.5) is 0 Å². The number of carbonyl (C=O) groups excluding carboxylic acids is 4. The van der Waals surface area contributed by atoms with Gasteiger partial charge in [-0.3, -0.25) is 33.7 Å². The molecule has 12 nitrogen and oxygen atoms in total. The van der Waals surface area contributed by atoms with Crippen LogP contribution in [0.3, 0.4) is 0 Å². The summed E-state index contributed by atoms with van der Waals surface area (Å²) in [6, 6.07) is 0. The van der Waals surface area contributed by atoms with E-state index in [-0.39, 0.29) is 36.7 Å². The van der Waals surface area contributed by atoms with E-state index in [1.807, 2.05) is 6.92 Å². The first-order valence-corrected chi connectivity index (χ1v) is 8.78. The fourth-order valence-electron chi connectivity index (χ4n) is 2.06. The molecule has 0 spiro atoms. The minimum atomic E-state index is -0.331. The number of azide groups is 1. The largest absolute Gasteiger partial charge is 0.269 e. The minimum Gasteiger partial charge on any atom is -0.269 e. The van der Waals surface area contributed by atoms with Gasteiger partial charge in [0.15, 0.2) is 0 Å². The molecule has 0 fully saturated rings. The Morgan fingerprint density at radius 1 is 1.03 bits per heavy atom. The molecule has 0 saturated carbocycles. The van der Waals surface area contributed by atoms with Crippen molar-refractivity contribution in [2.24, 2.45) is 5.11 Å². The molecule has 0 N–H and O–H groups in total. The van der Waals surface area contributed by atoms with E-state index in [1.165, 1.54) is 24.3 Å². The van der Waals surface area contributed by atoms with Crippen molar-refractivity contribution in [3.05, 3.63) is 46.6 Å². The molecular formula is C18H20N8O4. The highest BCUT2D eigenvalue weighted by Gasteiger charge is 2.24. The van der Waals surface area contributed by atoms with E-state index in [4.69, 9.17) is 12.0 Å². The van der Waals surface area contributed by atoms with Gasteiger partial charge in [-0.25, -0.2) is 0 Å². The van der Waals surface area contributed by atoms with Crippen LogP contribution in [0.25, 0.3) is 10.4 Å². The van der Waals surface area contributed by atoms with Crippen molar-refractivity contribution >= 4 is 23.6 Å². The number of terminal acetylenes is 1. The maximum atomic E-state index is 11.2. The number of amides is 4. The SMILES string of the molecule is C#CCN1C(=O)C=CC1=O.CCN=[N+]=[N-].CCn1cc(CN2C(=O)C=CC2=O)nn1. The molecule has 2 aliphatic rings. The first kappa shape index (κ1) is 23.8. The van der Waals surface area contributed by atoms with Gasteiger partial charge in [0.25, 0.3) is 23.6 Å². The van der Waals surface area contributed by atoms with Crippen molar-refractivity contribution in [3.63, 3.8) is 0 Å². The normalized spacial score (nSPS) is 14.0. The predicted octanol–water partition coefficient (Wildman–Crippen LogP) is 0.584. The highest BCUT2D eigenvalue weighted by molar-refractivity contribution is 6.13. The summed E-state index contributed by atoms with van der Waals surface area (Å²) < 4.78 is 1.65. The molecule has 4 amide bonds. The van der Waals surface area contributed by atoms with Crippen molar-refractivity contribution in [1.82, 2.24) is 24.8 Å². The summed E-state index contributed by atoms with van der Waals surface area (Å²) in [5.41, 5.74) is 8.14. The van der Waals surface area contributed by atoms with Crippen LogP contribution in [0.1, 0.15) is 19.5 Å². The standard InChI is InChI=1S/C9H10N4O2.C7H5NO2.C2H5N3/c1-2-12-5-7(10-11-12)6-13-8(14)3-4-9(13)15;1-2-5-8-6(9)3-4-7(8)10;1-2-4-5-3/h3-5H,2,6H2,1H3;1,3-4H,5H2;2H2,1H3. The van der Waals surface area contributed by atoms with Crippen LogP contribution in [0.2, 0.25) is 0 Å². The number of aryl methyl sites for hydroxylation is 1. The van der Waals surface area contributed by atoms with E-state index in [9.17, 15) is 19.2 Å². The average molecular weight is 412 g/mol. The summed E-state index contributed by atoms with van der Waals surface area (Å²) in [5.74, 6) is 0.954. The lowest BCUT2D eigenvalue weighted by Crippen LogP contribution is -2.29. The fraction of sp³-hybridized carbons (Fsp3) is 0.333. The number of carbonyl (C=O) groups is 4. The molecule has 0 bridgehead atoms. The summed E-state index contributed by atoms with van der Waals surface area (Å²) in [4.78, 5) is 48.5. The number of hydrogen-bond donors (Lipinski definition) is 0. The number of nitrogens with zero attached hydrogens (tertiary/aromatic N) is 8. The van der Waals surface area contributed by atoms with E-state index in [0.29, 0.717) is 18.8 Å². The van der Waals surface area contributed by atoms with Crippen molar-refractivity contribution in [2.45, 2.75) is 26.9 Å². The Hall–Kier alpha value is -4.23. The third-order valence-corrected chi connectivity index (χ3v) is 3.49. The molecule has 0 saturated heterocycles. The van der Waals surface area contributed by atoms with Gasteiger partial charge in [-0.05, 0) is 12.5 Å². The molecule has 12 heteroatoms. The number of aromatic nitrogens is 3. The van der Waals surface area contributed by atoms with Crippen molar-refractivity contribution in [2.75, 3.05) is 13.1 Å². The van der Waals surface area contributed by atoms with Crippen molar-refractivity contribution in [3.8, 4) is 12.3 Å². The van der Waals surface area contributed by atoms with Gasteiger partial charge in [0.05, 0.1) is 19.3 Å². The lowest BCUT2D eigenvalue weighted by atomic mass is 10.4. The smallest absolute Gasteiger partial charge is 0.254 e. The Balaban J connectivity index is 0.000000259. The van der Waals surface area contributed by atoms with E-state index in [2.05, 4.69) is 26.3 Å². The van der Waals surface area contributed by atoms with Crippen molar-refractivity contribution < 1.29 is 19.2 Å². The maximum Gasteiger partial charge on any atom is 0.254 e. The van der Waals surface area contributed by atoms with Crippen LogP contribution >= 0.6 is 0 Å². The second kappa shape index (κ2) is 12.3. The van der Waals surface area contributed by atoms with Crippen LogP contribution < -0.4 is 0 Å².